The van der Waals surface area contributed by atoms with Crippen LogP contribution < -0.4 is 29.6 Å². The van der Waals surface area contributed by atoms with Gasteiger partial charge in [-0.3, -0.25) is 6.08 Å². The molecule has 0 rings (SSSR count). The normalized spacial score (nSPS) is 7.60. The van der Waals surface area contributed by atoms with E-state index in [4.69, 9.17) is 0 Å². The third-order valence-electron chi connectivity index (χ3n) is 0.289. The Morgan fingerprint density at radius 2 is 1.80 bits per heavy atom. The Morgan fingerprint density at radius 1 is 1.60 bits per heavy atom. The van der Waals surface area contributed by atoms with Gasteiger partial charge in [0.05, 0.1) is 0 Å². The fourth-order valence-corrected chi connectivity index (χ4v) is 0. The maximum atomic E-state index is 2.81. The van der Waals surface area contributed by atoms with E-state index in [1.54, 1.807) is 0 Å². The van der Waals surface area contributed by atoms with E-state index in [9.17, 15) is 0 Å². The minimum absolute atomic E-state index is 0. The molecule has 0 aliphatic carbocycles. The molecule has 0 saturated heterocycles. The van der Waals surface area contributed by atoms with Gasteiger partial charge in [-0.05, 0) is 0 Å². The fourth-order valence-electron chi connectivity index (χ4n) is 0. The minimum Gasteiger partial charge on any atom is -0.504 e. The smallest absolute Gasteiger partial charge is 0.504 e. The van der Waals surface area contributed by atoms with Crippen molar-refractivity contribution in [1.29, 1.82) is 0 Å². The number of hydrogen-bond donors (Lipinski definition) is 0. The van der Waals surface area contributed by atoms with Crippen molar-refractivity contribution in [2.45, 2.75) is 13.8 Å². The van der Waals surface area contributed by atoms with Gasteiger partial charge in [-0.15, -0.1) is 0 Å². The summed E-state index contributed by atoms with van der Waals surface area (Å²) in [7, 11) is 0. The van der Waals surface area contributed by atoms with Crippen molar-refractivity contribution in [3.05, 3.63) is 12.2 Å². The molecule has 0 nitrogen and oxygen atoms in total. The second-order valence-corrected chi connectivity index (χ2v) is 0.577. The van der Waals surface area contributed by atoms with Crippen LogP contribution in [0.15, 0.2) is 6.08 Å². The minimum atomic E-state index is 0. The second-order valence-electron chi connectivity index (χ2n) is 0.577. The zero-order chi connectivity index (χ0) is 3.41. The summed E-state index contributed by atoms with van der Waals surface area (Å²) in [5.41, 5.74) is 0. The summed E-state index contributed by atoms with van der Waals surface area (Å²) < 4.78 is 0. The standard InChI is InChI=1S/C4H7.Na/c1-3-4-2;/h3H,1-2H3;/q-1;+1. The van der Waals surface area contributed by atoms with Crippen molar-refractivity contribution >= 4 is 0 Å². The molecule has 0 unspecified atom stereocenters. The molecule has 1 heteroatoms. The Balaban J connectivity index is 0. The molecule has 0 aromatic carbocycles. The van der Waals surface area contributed by atoms with E-state index in [0.29, 0.717) is 0 Å². The Labute approximate surface area is 55.6 Å². The average molecular weight is 78.1 g/mol. The van der Waals surface area contributed by atoms with Gasteiger partial charge in [-0.1, -0.05) is 6.92 Å². The van der Waals surface area contributed by atoms with Gasteiger partial charge in [-0.2, -0.15) is 6.92 Å². The van der Waals surface area contributed by atoms with Gasteiger partial charge in [-0.25, -0.2) is 0 Å². The molecule has 0 saturated carbocycles. The van der Waals surface area contributed by atoms with E-state index >= 15 is 0 Å². The van der Waals surface area contributed by atoms with Crippen molar-refractivity contribution in [1.82, 2.24) is 0 Å². The van der Waals surface area contributed by atoms with Gasteiger partial charge >= 0.3 is 29.6 Å². The molecule has 0 aliphatic heterocycles. The second kappa shape index (κ2) is 8.83. The van der Waals surface area contributed by atoms with E-state index in [0.717, 1.165) is 0 Å². The van der Waals surface area contributed by atoms with E-state index in [1.807, 2.05) is 19.9 Å². The summed E-state index contributed by atoms with van der Waals surface area (Å²) in [6.07, 6.45) is 4.68. The summed E-state index contributed by atoms with van der Waals surface area (Å²) in [6.45, 7) is 3.82. The van der Waals surface area contributed by atoms with Gasteiger partial charge < -0.3 is 6.08 Å². The van der Waals surface area contributed by atoms with Gasteiger partial charge in [0.15, 0.2) is 0 Å². The van der Waals surface area contributed by atoms with Crippen LogP contribution in [0.5, 0.6) is 0 Å². The van der Waals surface area contributed by atoms with Crippen molar-refractivity contribution in [3.8, 4) is 0 Å². The van der Waals surface area contributed by atoms with Crippen molar-refractivity contribution in [3.63, 3.8) is 0 Å². The summed E-state index contributed by atoms with van der Waals surface area (Å²) in [6, 6.07) is 0. The summed E-state index contributed by atoms with van der Waals surface area (Å²) >= 11 is 0. The SMILES string of the molecule is C[C-]=CC.[Na+]. The van der Waals surface area contributed by atoms with E-state index in [1.165, 1.54) is 0 Å². The summed E-state index contributed by atoms with van der Waals surface area (Å²) in [4.78, 5) is 0. The Hall–Kier alpha value is 0.740. The van der Waals surface area contributed by atoms with E-state index in [2.05, 4.69) is 6.08 Å². The topological polar surface area (TPSA) is 0 Å². The Bertz CT molecular complexity index is 18.8. The van der Waals surface area contributed by atoms with Gasteiger partial charge in [0.2, 0.25) is 0 Å². The molecule has 24 valence electrons. The first-order valence-electron chi connectivity index (χ1n) is 1.37. The quantitative estimate of drug-likeness (QED) is 0.241. The molecule has 0 heterocycles. The van der Waals surface area contributed by atoms with Crippen molar-refractivity contribution < 1.29 is 29.6 Å². The first-order valence-corrected chi connectivity index (χ1v) is 1.37. The number of allylic oxidation sites excluding steroid dienone is 2. The molecule has 0 aliphatic rings. The molecule has 0 amide bonds. The van der Waals surface area contributed by atoms with Crippen molar-refractivity contribution in [2.75, 3.05) is 0 Å². The largest absolute Gasteiger partial charge is 1.00 e. The predicted molar refractivity (Wildman–Crippen MR) is 19.2 cm³/mol. The Morgan fingerprint density at radius 3 is 1.80 bits per heavy atom. The number of hydrogen-bond acceptors (Lipinski definition) is 0. The van der Waals surface area contributed by atoms with Crippen LogP contribution in [0.3, 0.4) is 0 Å². The maximum Gasteiger partial charge on any atom is 1.00 e. The molecule has 0 atom stereocenters. The predicted octanol–water partition coefficient (Wildman–Crippen LogP) is -1.61. The molecule has 0 fully saturated rings. The molecule has 0 aromatic heterocycles. The van der Waals surface area contributed by atoms with Crippen LogP contribution in [0, 0.1) is 6.08 Å². The first-order chi connectivity index (χ1) is 1.91. The van der Waals surface area contributed by atoms with E-state index in [-0.39, 0.29) is 29.6 Å². The third kappa shape index (κ3) is 11.8. The van der Waals surface area contributed by atoms with E-state index < -0.39 is 0 Å². The summed E-state index contributed by atoms with van der Waals surface area (Å²) in [5.74, 6) is 0. The molecule has 0 bridgehead atoms. The molecular weight excluding hydrogens is 71.0 g/mol. The fraction of sp³-hybridized carbons (Fsp3) is 0.500. The van der Waals surface area contributed by atoms with Crippen LogP contribution in [-0.4, -0.2) is 0 Å². The van der Waals surface area contributed by atoms with Crippen LogP contribution in [0.4, 0.5) is 0 Å². The van der Waals surface area contributed by atoms with Crippen LogP contribution in [0.25, 0.3) is 0 Å². The van der Waals surface area contributed by atoms with Crippen molar-refractivity contribution in [2.24, 2.45) is 0 Å². The molecular formula is C4H7Na. The van der Waals surface area contributed by atoms with Gasteiger partial charge in [0.25, 0.3) is 0 Å². The number of rotatable bonds is 0. The van der Waals surface area contributed by atoms with Gasteiger partial charge in [0, 0.05) is 0 Å². The van der Waals surface area contributed by atoms with Crippen LogP contribution in [0.2, 0.25) is 0 Å². The monoisotopic (exact) mass is 78.0 g/mol. The molecule has 0 spiro atoms. The Kier molecular flexibility index (Phi) is 16.3. The summed E-state index contributed by atoms with van der Waals surface area (Å²) in [5, 5.41) is 0. The van der Waals surface area contributed by atoms with Crippen LogP contribution in [0.1, 0.15) is 13.8 Å². The molecule has 0 N–H and O–H groups in total. The van der Waals surface area contributed by atoms with Crippen LogP contribution >= 0.6 is 0 Å². The molecule has 0 radical (unpaired) electrons. The first kappa shape index (κ1) is 9.22. The zero-order valence-electron chi connectivity index (χ0n) is 4.08. The molecule has 5 heavy (non-hydrogen) atoms. The van der Waals surface area contributed by atoms with Gasteiger partial charge in [0.1, 0.15) is 0 Å². The third-order valence-corrected chi connectivity index (χ3v) is 0.289. The maximum absolute atomic E-state index is 2.81. The average Bonchev–Trinajstić information content (AvgIpc) is 1.37. The molecule has 0 aromatic rings. The zero-order valence-corrected chi connectivity index (χ0v) is 6.08. The van der Waals surface area contributed by atoms with Crippen LogP contribution in [-0.2, 0) is 0 Å².